The highest BCUT2D eigenvalue weighted by Crippen LogP contribution is 2.17. The Balaban J connectivity index is 2.12. The Morgan fingerprint density at radius 1 is 1.12 bits per heavy atom. The minimum atomic E-state index is 0.656. The van der Waals surface area contributed by atoms with Gasteiger partial charge >= 0.3 is 0 Å². The van der Waals surface area contributed by atoms with Gasteiger partial charge in [0.05, 0.1) is 13.2 Å². The van der Waals surface area contributed by atoms with Gasteiger partial charge in [-0.2, -0.15) is 0 Å². The Morgan fingerprint density at radius 3 is 2.41 bits per heavy atom. The second kappa shape index (κ2) is 7.70. The van der Waals surface area contributed by atoms with Crippen molar-refractivity contribution in [3.8, 4) is 5.75 Å². The first kappa shape index (κ1) is 13.5. The standard InChI is InChI=1S/C14H20N2O/c1-15-13-7-9-14(10-8-13)17-12-6-4-5-11-16(2)3/h7-10H,4-6,11-12H2,2-3H3. The van der Waals surface area contributed by atoms with E-state index in [1.54, 1.807) is 12.1 Å². The van der Waals surface area contributed by atoms with Crippen LogP contribution in [0.15, 0.2) is 24.3 Å². The fourth-order valence-corrected chi connectivity index (χ4v) is 1.51. The molecule has 0 aliphatic heterocycles. The number of unbranched alkanes of at least 4 members (excludes halogenated alkanes) is 2. The fraction of sp³-hybridized carbons (Fsp3) is 0.500. The molecule has 0 saturated heterocycles. The Labute approximate surface area is 104 Å². The molecule has 17 heavy (non-hydrogen) atoms. The summed E-state index contributed by atoms with van der Waals surface area (Å²) in [6, 6.07) is 7.28. The predicted molar refractivity (Wildman–Crippen MR) is 70.6 cm³/mol. The number of ether oxygens (including phenoxy) is 1. The van der Waals surface area contributed by atoms with Gasteiger partial charge in [0, 0.05) is 0 Å². The number of hydrogen-bond donors (Lipinski definition) is 0. The van der Waals surface area contributed by atoms with Gasteiger partial charge in [-0.25, -0.2) is 4.85 Å². The lowest BCUT2D eigenvalue weighted by atomic mass is 10.2. The zero-order chi connectivity index (χ0) is 12.5. The molecule has 92 valence electrons. The minimum absolute atomic E-state index is 0.656. The zero-order valence-electron chi connectivity index (χ0n) is 10.6. The lowest BCUT2D eigenvalue weighted by molar-refractivity contribution is 0.299. The van der Waals surface area contributed by atoms with E-state index in [1.807, 2.05) is 12.1 Å². The lowest BCUT2D eigenvalue weighted by Gasteiger charge is -2.09. The Morgan fingerprint density at radius 2 is 1.82 bits per heavy atom. The quantitative estimate of drug-likeness (QED) is 0.529. The Hall–Kier alpha value is -1.53. The molecule has 0 aliphatic rings. The topological polar surface area (TPSA) is 16.8 Å². The average Bonchev–Trinajstić information content (AvgIpc) is 2.34. The van der Waals surface area contributed by atoms with E-state index in [2.05, 4.69) is 23.8 Å². The van der Waals surface area contributed by atoms with Gasteiger partial charge in [0.25, 0.3) is 0 Å². The van der Waals surface area contributed by atoms with Crippen LogP contribution in [0.25, 0.3) is 4.85 Å². The average molecular weight is 232 g/mol. The van der Waals surface area contributed by atoms with Crippen LogP contribution in [-0.2, 0) is 0 Å². The van der Waals surface area contributed by atoms with Crippen LogP contribution in [0.2, 0.25) is 0 Å². The third-order valence-electron chi connectivity index (χ3n) is 2.48. The number of rotatable bonds is 7. The van der Waals surface area contributed by atoms with Gasteiger partial charge in [0.15, 0.2) is 5.69 Å². The normalized spacial score (nSPS) is 10.2. The zero-order valence-corrected chi connectivity index (χ0v) is 10.6. The number of benzene rings is 1. The molecule has 0 heterocycles. The highest BCUT2D eigenvalue weighted by Gasteiger charge is 1.95. The van der Waals surface area contributed by atoms with Crippen LogP contribution in [0.1, 0.15) is 19.3 Å². The van der Waals surface area contributed by atoms with Gasteiger partial charge in [-0.15, -0.1) is 0 Å². The third-order valence-corrected chi connectivity index (χ3v) is 2.48. The van der Waals surface area contributed by atoms with E-state index in [4.69, 9.17) is 11.3 Å². The van der Waals surface area contributed by atoms with Crippen LogP contribution < -0.4 is 4.74 Å². The summed E-state index contributed by atoms with van der Waals surface area (Å²) >= 11 is 0. The van der Waals surface area contributed by atoms with Gasteiger partial charge < -0.3 is 9.64 Å². The second-order valence-electron chi connectivity index (χ2n) is 4.32. The first-order valence-corrected chi connectivity index (χ1v) is 5.97. The smallest absolute Gasteiger partial charge is 0.187 e. The van der Waals surface area contributed by atoms with E-state index >= 15 is 0 Å². The maximum Gasteiger partial charge on any atom is 0.187 e. The summed E-state index contributed by atoms with van der Waals surface area (Å²) in [6.45, 7) is 8.74. The molecule has 0 unspecified atom stereocenters. The van der Waals surface area contributed by atoms with Gasteiger partial charge in [0.2, 0.25) is 0 Å². The van der Waals surface area contributed by atoms with Gasteiger partial charge in [-0.1, -0.05) is 12.1 Å². The van der Waals surface area contributed by atoms with Crippen molar-refractivity contribution in [3.63, 3.8) is 0 Å². The molecule has 1 aromatic carbocycles. The second-order valence-corrected chi connectivity index (χ2v) is 4.32. The van der Waals surface area contributed by atoms with E-state index in [0.717, 1.165) is 25.3 Å². The molecule has 0 spiro atoms. The van der Waals surface area contributed by atoms with Crippen molar-refractivity contribution < 1.29 is 4.74 Å². The minimum Gasteiger partial charge on any atom is -0.494 e. The molecule has 0 amide bonds. The fourth-order valence-electron chi connectivity index (χ4n) is 1.51. The maximum atomic E-state index is 6.84. The van der Waals surface area contributed by atoms with E-state index in [9.17, 15) is 0 Å². The van der Waals surface area contributed by atoms with Crippen LogP contribution in [0, 0.1) is 6.57 Å². The van der Waals surface area contributed by atoms with Crippen molar-refractivity contribution in [1.29, 1.82) is 0 Å². The van der Waals surface area contributed by atoms with E-state index in [1.165, 1.54) is 12.8 Å². The monoisotopic (exact) mass is 232 g/mol. The van der Waals surface area contributed by atoms with Crippen molar-refractivity contribution in [3.05, 3.63) is 35.7 Å². The highest BCUT2D eigenvalue weighted by molar-refractivity contribution is 5.46. The molecular formula is C14H20N2O. The van der Waals surface area contributed by atoms with Crippen LogP contribution in [0.4, 0.5) is 5.69 Å². The third kappa shape index (κ3) is 5.94. The van der Waals surface area contributed by atoms with Crippen molar-refractivity contribution in [2.75, 3.05) is 27.2 Å². The van der Waals surface area contributed by atoms with Crippen molar-refractivity contribution in [2.45, 2.75) is 19.3 Å². The molecule has 1 aromatic rings. The van der Waals surface area contributed by atoms with Crippen LogP contribution in [-0.4, -0.2) is 32.1 Å². The van der Waals surface area contributed by atoms with Gasteiger partial charge in [0.1, 0.15) is 5.75 Å². The highest BCUT2D eigenvalue weighted by atomic mass is 16.5. The van der Waals surface area contributed by atoms with Gasteiger partial charge in [-0.3, -0.25) is 0 Å². The summed E-state index contributed by atoms with van der Waals surface area (Å²) in [6.07, 6.45) is 3.49. The molecule has 1 rings (SSSR count). The SMILES string of the molecule is [C-]#[N+]c1ccc(OCCCCCN(C)C)cc1. The maximum absolute atomic E-state index is 6.84. The van der Waals surface area contributed by atoms with Crippen LogP contribution >= 0.6 is 0 Å². The lowest BCUT2D eigenvalue weighted by Crippen LogP contribution is -2.12. The molecule has 0 aliphatic carbocycles. The van der Waals surface area contributed by atoms with Crippen molar-refractivity contribution in [2.24, 2.45) is 0 Å². The molecule has 0 atom stereocenters. The molecule has 0 radical (unpaired) electrons. The summed E-state index contributed by atoms with van der Waals surface area (Å²) in [4.78, 5) is 5.54. The number of nitrogens with zero attached hydrogens (tertiary/aromatic N) is 2. The largest absolute Gasteiger partial charge is 0.494 e. The number of hydrogen-bond acceptors (Lipinski definition) is 2. The van der Waals surface area contributed by atoms with E-state index < -0.39 is 0 Å². The Bertz CT molecular complexity index is 351. The van der Waals surface area contributed by atoms with Crippen LogP contribution in [0.5, 0.6) is 5.75 Å². The molecule has 0 saturated carbocycles. The summed E-state index contributed by atoms with van der Waals surface area (Å²) in [5, 5.41) is 0. The first-order chi connectivity index (χ1) is 8.22. The molecule has 0 fully saturated rings. The molecule has 3 heteroatoms. The molecule has 0 aromatic heterocycles. The van der Waals surface area contributed by atoms with Gasteiger partial charge in [-0.05, 0) is 52.0 Å². The summed E-state index contributed by atoms with van der Waals surface area (Å²) in [5.74, 6) is 0.852. The molecule has 3 nitrogen and oxygen atoms in total. The van der Waals surface area contributed by atoms with Crippen LogP contribution in [0.3, 0.4) is 0 Å². The molecule has 0 N–H and O–H groups in total. The van der Waals surface area contributed by atoms with E-state index in [0.29, 0.717) is 5.69 Å². The predicted octanol–water partition coefficient (Wildman–Crippen LogP) is 3.35. The molecular weight excluding hydrogens is 212 g/mol. The molecule has 0 bridgehead atoms. The van der Waals surface area contributed by atoms with E-state index in [-0.39, 0.29) is 0 Å². The van der Waals surface area contributed by atoms with Crippen molar-refractivity contribution in [1.82, 2.24) is 4.90 Å². The first-order valence-electron chi connectivity index (χ1n) is 5.97. The summed E-state index contributed by atoms with van der Waals surface area (Å²) < 4.78 is 5.60. The Kier molecular flexibility index (Phi) is 6.13. The summed E-state index contributed by atoms with van der Waals surface area (Å²) in [7, 11) is 4.19. The summed E-state index contributed by atoms with van der Waals surface area (Å²) in [5.41, 5.74) is 0.656. The van der Waals surface area contributed by atoms with Crippen molar-refractivity contribution >= 4 is 5.69 Å².